The first-order valence-electron chi connectivity index (χ1n) is 6.63. The Morgan fingerprint density at radius 2 is 1.76 bits per heavy atom. The van der Waals surface area contributed by atoms with E-state index in [0.717, 1.165) is 49.1 Å². The molecule has 0 amide bonds. The second-order valence-electron chi connectivity index (χ2n) is 4.83. The van der Waals surface area contributed by atoms with Gasteiger partial charge in [-0.2, -0.15) is 13.2 Å². The molecule has 0 unspecified atom stereocenters. The second kappa shape index (κ2) is 5.65. The average molecular weight is 313 g/mol. The van der Waals surface area contributed by atoms with Crippen LogP contribution in [0.15, 0.2) is 29.6 Å². The lowest BCUT2D eigenvalue weighted by Crippen LogP contribution is -2.43. The Morgan fingerprint density at radius 1 is 1.10 bits per heavy atom. The molecule has 0 aliphatic carbocycles. The molecular formula is C14H14F3N3S. The van der Waals surface area contributed by atoms with Crippen molar-refractivity contribution in [2.24, 2.45) is 0 Å². The van der Waals surface area contributed by atoms with E-state index in [0.29, 0.717) is 5.56 Å². The van der Waals surface area contributed by atoms with Crippen LogP contribution in [0.3, 0.4) is 0 Å². The molecule has 1 aliphatic heterocycles. The number of halogens is 3. The van der Waals surface area contributed by atoms with Gasteiger partial charge in [-0.05, 0) is 12.1 Å². The number of anilines is 1. The summed E-state index contributed by atoms with van der Waals surface area (Å²) in [6, 6.07) is 5.14. The van der Waals surface area contributed by atoms with Gasteiger partial charge in [-0.15, -0.1) is 11.3 Å². The maximum atomic E-state index is 12.5. The highest BCUT2D eigenvalue weighted by Gasteiger charge is 2.30. The van der Waals surface area contributed by atoms with Gasteiger partial charge in [0, 0.05) is 37.1 Å². The van der Waals surface area contributed by atoms with E-state index < -0.39 is 11.7 Å². The first-order valence-corrected chi connectivity index (χ1v) is 7.51. The Morgan fingerprint density at radius 3 is 2.38 bits per heavy atom. The van der Waals surface area contributed by atoms with Gasteiger partial charge in [-0.3, -0.25) is 0 Å². The van der Waals surface area contributed by atoms with E-state index >= 15 is 0 Å². The van der Waals surface area contributed by atoms with Gasteiger partial charge in [0.1, 0.15) is 0 Å². The van der Waals surface area contributed by atoms with E-state index in [1.165, 1.54) is 23.5 Å². The molecule has 0 radical (unpaired) electrons. The van der Waals surface area contributed by atoms with Crippen LogP contribution in [-0.4, -0.2) is 31.2 Å². The fourth-order valence-electron chi connectivity index (χ4n) is 2.23. The van der Waals surface area contributed by atoms with Crippen LogP contribution in [0.4, 0.5) is 18.3 Å². The lowest BCUT2D eigenvalue weighted by molar-refractivity contribution is -0.137. The van der Waals surface area contributed by atoms with Crippen molar-refractivity contribution in [1.29, 1.82) is 0 Å². The van der Waals surface area contributed by atoms with Gasteiger partial charge in [-0.1, -0.05) is 12.1 Å². The van der Waals surface area contributed by atoms with Crippen LogP contribution in [0, 0.1) is 0 Å². The second-order valence-corrected chi connectivity index (χ2v) is 5.66. The number of rotatable bonds is 2. The van der Waals surface area contributed by atoms with E-state index in [-0.39, 0.29) is 0 Å². The van der Waals surface area contributed by atoms with E-state index in [9.17, 15) is 13.2 Å². The number of nitrogens with zero attached hydrogens (tertiary/aromatic N) is 2. The van der Waals surface area contributed by atoms with Crippen LogP contribution in [0.5, 0.6) is 0 Å². The van der Waals surface area contributed by atoms with Gasteiger partial charge >= 0.3 is 6.18 Å². The molecule has 0 atom stereocenters. The molecule has 112 valence electrons. The van der Waals surface area contributed by atoms with Crippen molar-refractivity contribution in [3.63, 3.8) is 0 Å². The van der Waals surface area contributed by atoms with Gasteiger partial charge in [0.2, 0.25) is 0 Å². The summed E-state index contributed by atoms with van der Waals surface area (Å²) in [5, 5.41) is 6.08. The van der Waals surface area contributed by atoms with Crippen molar-refractivity contribution < 1.29 is 13.2 Å². The van der Waals surface area contributed by atoms with Crippen molar-refractivity contribution in [2.45, 2.75) is 6.18 Å². The van der Waals surface area contributed by atoms with E-state index in [1.54, 1.807) is 0 Å². The van der Waals surface area contributed by atoms with Gasteiger partial charge in [-0.25, -0.2) is 4.98 Å². The minimum atomic E-state index is -4.30. The molecule has 3 rings (SSSR count). The monoisotopic (exact) mass is 313 g/mol. The predicted molar refractivity (Wildman–Crippen MR) is 77.6 cm³/mol. The third-order valence-corrected chi connectivity index (χ3v) is 4.29. The molecule has 3 nitrogen and oxygen atoms in total. The predicted octanol–water partition coefficient (Wildman–Crippen LogP) is 3.24. The van der Waals surface area contributed by atoms with Crippen molar-refractivity contribution in [1.82, 2.24) is 10.3 Å². The van der Waals surface area contributed by atoms with E-state index in [2.05, 4.69) is 15.2 Å². The summed E-state index contributed by atoms with van der Waals surface area (Å²) in [6.45, 7) is 3.66. The number of benzene rings is 1. The number of piperazine rings is 1. The number of alkyl halides is 3. The standard InChI is InChI=1S/C14H14F3N3S/c15-14(16,17)11-3-1-10(2-4-11)12-9-21-13(19-12)20-7-5-18-6-8-20/h1-4,9,18H,5-8H2. The molecule has 2 aromatic rings. The summed E-state index contributed by atoms with van der Waals surface area (Å²) in [4.78, 5) is 6.72. The lowest BCUT2D eigenvalue weighted by atomic mass is 10.1. The molecule has 1 N–H and O–H groups in total. The molecule has 0 spiro atoms. The average Bonchev–Trinajstić information content (AvgIpc) is 2.97. The smallest absolute Gasteiger partial charge is 0.346 e. The zero-order valence-corrected chi connectivity index (χ0v) is 12.0. The quantitative estimate of drug-likeness (QED) is 0.922. The van der Waals surface area contributed by atoms with Crippen LogP contribution < -0.4 is 10.2 Å². The van der Waals surface area contributed by atoms with Crippen LogP contribution in [0.2, 0.25) is 0 Å². The molecule has 1 saturated heterocycles. The van der Waals surface area contributed by atoms with Gasteiger partial charge < -0.3 is 10.2 Å². The molecule has 7 heteroatoms. The number of hydrogen-bond donors (Lipinski definition) is 1. The Kier molecular flexibility index (Phi) is 3.86. The summed E-state index contributed by atoms with van der Waals surface area (Å²) < 4.78 is 37.6. The van der Waals surface area contributed by atoms with E-state index in [4.69, 9.17) is 0 Å². The van der Waals surface area contributed by atoms with Crippen LogP contribution >= 0.6 is 11.3 Å². The summed E-state index contributed by atoms with van der Waals surface area (Å²) in [7, 11) is 0. The minimum absolute atomic E-state index is 0.635. The van der Waals surface area contributed by atoms with Crippen LogP contribution in [0.1, 0.15) is 5.56 Å². The number of aromatic nitrogens is 1. The third-order valence-electron chi connectivity index (χ3n) is 3.39. The zero-order valence-electron chi connectivity index (χ0n) is 11.2. The van der Waals surface area contributed by atoms with Crippen LogP contribution in [0.25, 0.3) is 11.3 Å². The number of hydrogen-bond acceptors (Lipinski definition) is 4. The van der Waals surface area contributed by atoms with Crippen LogP contribution in [-0.2, 0) is 6.18 Å². The first-order chi connectivity index (χ1) is 10.0. The Labute approximate surface area is 124 Å². The normalized spacial score (nSPS) is 16.2. The molecule has 1 aliphatic rings. The van der Waals surface area contributed by atoms with Crippen molar-refractivity contribution in [3.05, 3.63) is 35.2 Å². The topological polar surface area (TPSA) is 28.2 Å². The highest BCUT2D eigenvalue weighted by molar-refractivity contribution is 7.14. The van der Waals surface area contributed by atoms with Gasteiger partial charge in [0.25, 0.3) is 0 Å². The van der Waals surface area contributed by atoms with E-state index in [1.807, 2.05) is 5.38 Å². The molecular weight excluding hydrogens is 299 g/mol. The summed E-state index contributed by atoms with van der Waals surface area (Å²) in [6.07, 6.45) is -4.30. The number of thiazole rings is 1. The summed E-state index contributed by atoms with van der Waals surface area (Å²) in [5.41, 5.74) is 0.798. The lowest BCUT2D eigenvalue weighted by Gasteiger charge is -2.26. The fraction of sp³-hybridized carbons (Fsp3) is 0.357. The van der Waals surface area contributed by atoms with Crippen molar-refractivity contribution in [3.8, 4) is 11.3 Å². The molecule has 1 aromatic heterocycles. The Hall–Kier alpha value is -1.60. The Bertz CT molecular complexity index is 601. The van der Waals surface area contributed by atoms with Gasteiger partial charge in [0.15, 0.2) is 5.13 Å². The maximum Gasteiger partial charge on any atom is 0.416 e. The first kappa shape index (κ1) is 14.3. The minimum Gasteiger partial charge on any atom is -0.346 e. The highest BCUT2D eigenvalue weighted by atomic mass is 32.1. The summed E-state index contributed by atoms with van der Waals surface area (Å²) >= 11 is 1.53. The molecule has 0 bridgehead atoms. The molecule has 1 fully saturated rings. The molecule has 1 aromatic carbocycles. The SMILES string of the molecule is FC(F)(F)c1ccc(-c2csc(N3CCNCC3)n2)cc1. The summed E-state index contributed by atoms with van der Waals surface area (Å²) in [5.74, 6) is 0. The van der Waals surface area contributed by atoms with Crippen molar-refractivity contribution in [2.75, 3.05) is 31.1 Å². The Balaban J connectivity index is 1.79. The molecule has 2 heterocycles. The highest BCUT2D eigenvalue weighted by Crippen LogP contribution is 2.32. The fourth-order valence-corrected chi connectivity index (χ4v) is 3.12. The zero-order chi connectivity index (χ0) is 14.9. The van der Waals surface area contributed by atoms with Crippen molar-refractivity contribution >= 4 is 16.5 Å². The van der Waals surface area contributed by atoms with Gasteiger partial charge in [0.05, 0.1) is 11.3 Å². The molecule has 0 saturated carbocycles. The third kappa shape index (κ3) is 3.19. The number of nitrogens with one attached hydrogen (secondary N) is 1. The molecule has 21 heavy (non-hydrogen) atoms. The largest absolute Gasteiger partial charge is 0.416 e. The maximum absolute atomic E-state index is 12.5.